The molecule has 3 rings (SSSR count). The highest BCUT2D eigenvalue weighted by atomic mass is 79.9. The molecule has 1 saturated heterocycles. The lowest BCUT2D eigenvalue weighted by Crippen LogP contribution is -2.45. The van der Waals surface area contributed by atoms with Gasteiger partial charge in [0.05, 0.1) is 12.7 Å². The number of aromatic amines is 1. The molecule has 104 valence electrons. The molecule has 0 spiro atoms. The molecule has 6 heteroatoms. The summed E-state index contributed by atoms with van der Waals surface area (Å²) in [5, 5.41) is 0. The van der Waals surface area contributed by atoms with Gasteiger partial charge < -0.3 is 4.98 Å². The van der Waals surface area contributed by atoms with E-state index in [-0.39, 0.29) is 0 Å². The molecule has 0 radical (unpaired) electrons. The number of piperazine rings is 1. The number of hydrogen-bond donors (Lipinski definition) is 1. The van der Waals surface area contributed by atoms with E-state index in [2.05, 4.69) is 46.6 Å². The SMILES string of the molecule is C#CCN1CCN(Cc2c[nH]c3ncc(Br)nc23)CC1. The van der Waals surface area contributed by atoms with Gasteiger partial charge >= 0.3 is 0 Å². The molecule has 1 fully saturated rings. The van der Waals surface area contributed by atoms with Crippen LogP contribution in [0.4, 0.5) is 0 Å². The predicted molar refractivity (Wildman–Crippen MR) is 82.1 cm³/mol. The molecule has 2 aromatic heterocycles. The number of nitrogens with one attached hydrogen (secondary N) is 1. The minimum atomic E-state index is 0.749. The minimum absolute atomic E-state index is 0.749. The zero-order chi connectivity index (χ0) is 13.9. The number of fused-ring (bicyclic) bond motifs is 1. The van der Waals surface area contributed by atoms with Gasteiger partial charge in [0.15, 0.2) is 5.65 Å². The maximum Gasteiger partial charge on any atom is 0.156 e. The molecule has 0 saturated carbocycles. The first-order valence-electron chi connectivity index (χ1n) is 6.63. The van der Waals surface area contributed by atoms with E-state index in [0.717, 1.165) is 55.0 Å². The molecule has 0 aliphatic carbocycles. The topological polar surface area (TPSA) is 48.0 Å². The van der Waals surface area contributed by atoms with Crippen molar-refractivity contribution >= 4 is 27.1 Å². The molecule has 5 nitrogen and oxygen atoms in total. The fourth-order valence-corrected chi connectivity index (χ4v) is 2.80. The molecule has 0 unspecified atom stereocenters. The van der Waals surface area contributed by atoms with Crippen LogP contribution in [-0.4, -0.2) is 57.5 Å². The van der Waals surface area contributed by atoms with E-state index in [4.69, 9.17) is 6.42 Å². The van der Waals surface area contributed by atoms with Crippen molar-refractivity contribution < 1.29 is 0 Å². The van der Waals surface area contributed by atoms with Gasteiger partial charge in [0, 0.05) is 44.5 Å². The van der Waals surface area contributed by atoms with Crippen LogP contribution in [-0.2, 0) is 6.54 Å². The zero-order valence-corrected chi connectivity index (χ0v) is 12.7. The van der Waals surface area contributed by atoms with Gasteiger partial charge in [-0.3, -0.25) is 9.80 Å². The Morgan fingerprint density at radius 2 is 2.05 bits per heavy atom. The zero-order valence-electron chi connectivity index (χ0n) is 11.1. The quantitative estimate of drug-likeness (QED) is 0.864. The van der Waals surface area contributed by atoms with Crippen LogP contribution in [0.2, 0.25) is 0 Å². The summed E-state index contributed by atoms with van der Waals surface area (Å²) in [6, 6.07) is 0. The highest BCUT2D eigenvalue weighted by Gasteiger charge is 2.18. The molecule has 1 aliphatic rings. The van der Waals surface area contributed by atoms with E-state index in [1.165, 1.54) is 5.56 Å². The number of halogens is 1. The first-order valence-corrected chi connectivity index (χ1v) is 7.42. The number of terminal acetylenes is 1. The van der Waals surface area contributed by atoms with E-state index in [1.807, 2.05) is 6.20 Å². The van der Waals surface area contributed by atoms with Gasteiger partial charge in [-0.2, -0.15) is 0 Å². The third-order valence-corrected chi connectivity index (χ3v) is 3.99. The van der Waals surface area contributed by atoms with Gasteiger partial charge in [-0.1, -0.05) is 5.92 Å². The monoisotopic (exact) mass is 333 g/mol. The van der Waals surface area contributed by atoms with Crippen molar-refractivity contribution in [2.45, 2.75) is 6.54 Å². The highest BCUT2D eigenvalue weighted by molar-refractivity contribution is 9.10. The first-order chi connectivity index (χ1) is 9.76. The summed E-state index contributed by atoms with van der Waals surface area (Å²) in [5.41, 5.74) is 2.98. The molecule has 1 aliphatic heterocycles. The number of hydrogen-bond acceptors (Lipinski definition) is 4. The van der Waals surface area contributed by atoms with Crippen molar-refractivity contribution in [3.8, 4) is 12.3 Å². The average Bonchev–Trinajstić information content (AvgIpc) is 2.84. The standard InChI is InChI=1S/C14H16BrN5/c1-2-3-19-4-6-20(7-5-19)10-11-8-16-14-13(11)18-12(15)9-17-14/h1,8-9H,3-7,10H2,(H,16,17). The van der Waals surface area contributed by atoms with E-state index in [1.54, 1.807) is 6.20 Å². The Bertz CT molecular complexity index is 637. The van der Waals surface area contributed by atoms with Crippen molar-refractivity contribution in [2.24, 2.45) is 0 Å². The lowest BCUT2D eigenvalue weighted by atomic mass is 10.2. The lowest BCUT2D eigenvalue weighted by molar-refractivity contribution is 0.139. The Hall–Kier alpha value is -1.42. The summed E-state index contributed by atoms with van der Waals surface area (Å²) in [6.45, 7) is 5.78. The second-order valence-electron chi connectivity index (χ2n) is 4.96. The molecule has 0 aromatic carbocycles. The van der Waals surface area contributed by atoms with E-state index in [9.17, 15) is 0 Å². The van der Waals surface area contributed by atoms with Crippen molar-refractivity contribution in [2.75, 3.05) is 32.7 Å². The number of aromatic nitrogens is 3. The normalized spacial score (nSPS) is 17.4. The lowest BCUT2D eigenvalue weighted by Gasteiger charge is -2.33. The largest absolute Gasteiger partial charge is 0.344 e. The maximum absolute atomic E-state index is 5.35. The predicted octanol–water partition coefficient (Wildman–Crippen LogP) is 1.47. The highest BCUT2D eigenvalue weighted by Crippen LogP contribution is 2.18. The van der Waals surface area contributed by atoms with Crippen LogP contribution in [0.15, 0.2) is 17.0 Å². The van der Waals surface area contributed by atoms with E-state index >= 15 is 0 Å². The Labute approximate surface area is 126 Å². The fraction of sp³-hybridized carbons (Fsp3) is 0.429. The van der Waals surface area contributed by atoms with E-state index < -0.39 is 0 Å². The van der Waals surface area contributed by atoms with Crippen LogP contribution in [0, 0.1) is 12.3 Å². The van der Waals surface area contributed by atoms with Crippen LogP contribution in [0.25, 0.3) is 11.2 Å². The summed E-state index contributed by atoms with van der Waals surface area (Å²) in [5.74, 6) is 2.71. The summed E-state index contributed by atoms with van der Waals surface area (Å²) in [6.07, 6.45) is 9.07. The Morgan fingerprint density at radius 1 is 1.30 bits per heavy atom. The van der Waals surface area contributed by atoms with Crippen molar-refractivity contribution in [3.63, 3.8) is 0 Å². The Kier molecular flexibility index (Phi) is 4.01. The molecule has 1 N–H and O–H groups in total. The summed E-state index contributed by atoms with van der Waals surface area (Å²) >= 11 is 3.38. The molecule has 3 heterocycles. The molecule has 0 atom stereocenters. The van der Waals surface area contributed by atoms with Gasteiger partial charge in [-0.15, -0.1) is 6.42 Å². The molecule has 20 heavy (non-hydrogen) atoms. The molecule has 2 aromatic rings. The van der Waals surface area contributed by atoms with E-state index in [0.29, 0.717) is 0 Å². The third kappa shape index (κ3) is 2.85. The summed E-state index contributed by atoms with van der Waals surface area (Å²) in [7, 11) is 0. The van der Waals surface area contributed by atoms with Gasteiger partial charge in [0.25, 0.3) is 0 Å². The van der Waals surface area contributed by atoms with Crippen LogP contribution in [0.3, 0.4) is 0 Å². The molecular weight excluding hydrogens is 318 g/mol. The number of nitrogens with zero attached hydrogens (tertiary/aromatic N) is 4. The second kappa shape index (κ2) is 5.92. The van der Waals surface area contributed by atoms with Crippen LogP contribution < -0.4 is 0 Å². The second-order valence-corrected chi connectivity index (χ2v) is 5.77. The number of rotatable bonds is 3. The Morgan fingerprint density at radius 3 is 2.80 bits per heavy atom. The van der Waals surface area contributed by atoms with Crippen LogP contribution >= 0.6 is 15.9 Å². The fourth-order valence-electron chi connectivity index (χ4n) is 2.52. The van der Waals surface area contributed by atoms with Crippen LogP contribution in [0.5, 0.6) is 0 Å². The smallest absolute Gasteiger partial charge is 0.156 e. The van der Waals surface area contributed by atoms with Crippen molar-refractivity contribution in [1.82, 2.24) is 24.8 Å². The van der Waals surface area contributed by atoms with Gasteiger partial charge in [0.1, 0.15) is 10.1 Å². The minimum Gasteiger partial charge on any atom is -0.344 e. The van der Waals surface area contributed by atoms with Gasteiger partial charge in [-0.05, 0) is 15.9 Å². The van der Waals surface area contributed by atoms with Crippen molar-refractivity contribution in [3.05, 3.63) is 22.6 Å². The van der Waals surface area contributed by atoms with Crippen LogP contribution in [0.1, 0.15) is 5.56 Å². The average molecular weight is 334 g/mol. The maximum atomic E-state index is 5.35. The Balaban J connectivity index is 1.69. The molecular formula is C14H16BrN5. The summed E-state index contributed by atoms with van der Waals surface area (Å²) < 4.78 is 0.768. The van der Waals surface area contributed by atoms with Crippen molar-refractivity contribution in [1.29, 1.82) is 0 Å². The summed E-state index contributed by atoms with van der Waals surface area (Å²) in [4.78, 5) is 16.7. The number of H-pyrrole nitrogens is 1. The molecule has 0 bridgehead atoms. The van der Waals surface area contributed by atoms with Gasteiger partial charge in [-0.25, -0.2) is 9.97 Å². The molecule has 0 amide bonds. The first kappa shape index (κ1) is 13.6. The van der Waals surface area contributed by atoms with Gasteiger partial charge in [0.2, 0.25) is 0 Å². The third-order valence-electron chi connectivity index (χ3n) is 3.60.